The molecule has 2 rings (SSSR count). The molecule has 1 aromatic heterocycles. The monoisotopic (exact) mass is 365 g/mol. The van der Waals surface area contributed by atoms with Crippen molar-refractivity contribution in [3.05, 3.63) is 44.8 Å². The molecule has 0 spiro atoms. The number of halogens is 1. The Morgan fingerprint density at radius 1 is 1.32 bits per heavy atom. The molecule has 5 nitrogen and oxygen atoms in total. The Bertz CT molecular complexity index is 813. The zero-order valence-electron chi connectivity index (χ0n) is 15.1. The van der Waals surface area contributed by atoms with Crippen molar-refractivity contribution in [1.82, 2.24) is 4.90 Å². The van der Waals surface area contributed by atoms with E-state index in [0.29, 0.717) is 36.2 Å². The lowest BCUT2D eigenvalue weighted by Crippen LogP contribution is -2.33. The number of hydrogen-bond donors (Lipinski definition) is 0. The summed E-state index contributed by atoms with van der Waals surface area (Å²) >= 11 is 6.24. The number of esters is 1. The maximum Gasteiger partial charge on any atom is 0.336 e. The first-order valence-electron chi connectivity index (χ1n) is 8.41. The van der Waals surface area contributed by atoms with E-state index in [-0.39, 0.29) is 12.5 Å². The van der Waals surface area contributed by atoms with E-state index in [2.05, 4.69) is 13.8 Å². The van der Waals surface area contributed by atoms with Gasteiger partial charge in [-0.05, 0) is 43.0 Å². The lowest BCUT2D eigenvalue weighted by molar-refractivity contribution is -0.144. The van der Waals surface area contributed by atoms with Gasteiger partial charge in [-0.2, -0.15) is 0 Å². The summed E-state index contributed by atoms with van der Waals surface area (Å²) < 4.78 is 10.4. The van der Waals surface area contributed by atoms with Gasteiger partial charge in [0.15, 0.2) is 0 Å². The van der Waals surface area contributed by atoms with Crippen molar-refractivity contribution in [1.29, 1.82) is 0 Å². The number of fused-ring (bicyclic) bond motifs is 1. The van der Waals surface area contributed by atoms with Crippen LogP contribution in [-0.4, -0.2) is 30.6 Å². The Kier molecular flexibility index (Phi) is 6.62. The zero-order valence-corrected chi connectivity index (χ0v) is 15.9. The normalized spacial score (nSPS) is 11.5. The molecule has 2 aromatic rings. The second-order valence-electron chi connectivity index (χ2n) is 6.56. The molecule has 0 fully saturated rings. The van der Waals surface area contributed by atoms with Crippen LogP contribution in [0, 0.1) is 12.8 Å². The molecule has 0 amide bonds. The van der Waals surface area contributed by atoms with E-state index in [0.717, 1.165) is 16.5 Å². The predicted octanol–water partition coefficient (Wildman–Crippen LogP) is 3.78. The van der Waals surface area contributed by atoms with Crippen molar-refractivity contribution in [2.24, 2.45) is 5.92 Å². The van der Waals surface area contributed by atoms with Crippen LogP contribution in [-0.2, 0) is 16.1 Å². The number of ether oxygens (including phenoxy) is 1. The number of aryl methyl sites for hydroxylation is 1. The van der Waals surface area contributed by atoms with Crippen LogP contribution in [0.5, 0.6) is 0 Å². The quantitative estimate of drug-likeness (QED) is 0.552. The molecule has 0 radical (unpaired) electrons. The number of rotatable bonds is 7. The van der Waals surface area contributed by atoms with Gasteiger partial charge in [0.25, 0.3) is 0 Å². The zero-order chi connectivity index (χ0) is 18.6. The molecule has 0 N–H and O–H groups in total. The van der Waals surface area contributed by atoms with Crippen LogP contribution in [0.25, 0.3) is 11.0 Å². The van der Waals surface area contributed by atoms with Crippen LogP contribution < -0.4 is 5.63 Å². The molecular weight excluding hydrogens is 342 g/mol. The average Bonchev–Trinajstić information content (AvgIpc) is 2.48. The van der Waals surface area contributed by atoms with E-state index < -0.39 is 5.63 Å². The molecule has 1 heterocycles. The summed E-state index contributed by atoms with van der Waals surface area (Å²) in [7, 11) is 0. The summed E-state index contributed by atoms with van der Waals surface area (Å²) in [6.45, 7) is 9.48. The third-order valence-electron chi connectivity index (χ3n) is 3.78. The van der Waals surface area contributed by atoms with Crippen molar-refractivity contribution in [2.45, 2.75) is 34.2 Å². The highest BCUT2D eigenvalue weighted by Crippen LogP contribution is 2.26. The predicted molar refractivity (Wildman–Crippen MR) is 99.0 cm³/mol. The Hall–Kier alpha value is -1.85. The van der Waals surface area contributed by atoms with Crippen LogP contribution in [0.4, 0.5) is 0 Å². The molecule has 0 aliphatic heterocycles. The average molecular weight is 366 g/mol. The number of benzene rings is 1. The van der Waals surface area contributed by atoms with Gasteiger partial charge in [-0.15, -0.1) is 0 Å². The van der Waals surface area contributed by atoms with Crippen LogP contribution in [0.1, 0.15) is 31.9 Å². The third kappa shape index (κ3) is 5.31. The summed E-state index contributed by atoms with van der Waals surface area (Å²) in [4.78, 5) is 25.8. The molecule has 6 heteroatoms. The number of hydrogen-bond acceptors (Lipinski definition) is 5. The number of carbonyl (C=O) groups is 1. The van der Waals surface area contributed by atoms with Crippen LogP contribution in [0.2, 0.25) is 5.02 Å². The summed E-state index contributed by atoms with van der Waals surface area (Å²) in [5.41, 5.74) is 1.73. The van der Waals surface area contributed by atoms with Crippen molar-refractivity contribution < 1.29 is 13.9 Å². The second-order valence-corrected chi connectivity index (χ2v) is 6.96. The molecule has 136 valence electrons. The van der Waals surface area contributed by atoms with E-state index in [1.807, 2.05) is 17.9 Å². The van der Waals surface area contributed by atoms with Gasteiger partial charge in [0.1, 0.15) is 5.58 Å². The molecule has 25 heavy (non-hydrogen) atoms. The largest absolute Gasteiger partial charge is 0.465 e. The van der Waals surface area contributed by atoms with E-state index in [1.165, 1.54) is 6.07 Å². The van der Waals surface area contributed by atoms with Crippen molar-refractivity contribution in [3.8, 4) is 0 Å². The summed E-state index contributed by atoms with van der Waals surface area (Å²) in [5.74, 6) is 0.0935. The topological polar surface area (TPSA) is 59.8 Å². The minimum Gasteiger partial charge on any atom is -0.465 e. The van der Waals surface area contributed by atoms with Crippen LogP contribution in [0.15, 0.2) is 27.4 Å². The SMILES string of the molecule is CCOC(=O)CN(Cc1cc(=O)oc2cc(C)c(Cl)cc12)CC(C)C. The number of nitrogens with zero attached hydrogens (tertiary/aromatic N) is 1. The van der Waals surface area contributed by atoms with Gasteiger partial charge >= 0.3 is 11.6 Å². The van der Waals surface area contributed by atoms with E-state index in [4.69, 9.17) is 20.8 Å². The van der Waals surface area contributed by atoms with Crippen LogP contribution in [0.3, 0.4) is 0 Å². The molecule has 0 aliphatic rings. The van der Waals surface area contributed by atoms with Gasteiger partial charge in [-0.25, -0.2) is 4.79 Å². The Labute approximate surface area is 152 Å². The highest BCUT2D eigenvalue weighted by Gasteiger charge is 2.16. The first kappa shape index (κ1) is 19.5. The molecular formula is C19H24ClNO4. The molecule has 1 aromatic carbocycles. The van der Waals surface area contributed by atoms with Gasteiger partial charge in [0.2, 0.25) is 0 Å². The van der Waals surface area contributed by atoms with E-state index >= 15 is 0 Å². The number of carbonyl (C=O) groups excluding carboxylic acids is 1. The van der Waals surface area contributed by atoms with E-state index in [1.54, 1.807) is 13.0 Å². The molecule has 0 aliphatic carbocycles. The first-order valence-corrected chi connectivity index (χ1v) is 8.78. The lowest BCUT2D eigenvalue weighted by atomic mass is 10.1. The highest BCUT2D eigenvalue weighted by molar-refractivity contribution is 6.32. The van der Waals surface area contributed by atoms with Crippen LogP contribution >= 0.6 is 11.6 Å². The summed E-state index contributed by atoms with van der Waals surface area (Å²) in [5, 5.41) is 1.40. The lowest BCUT2D eigenvalue weighted by Gasteiger charge is -2.23. The first-order chi connectivity index (χ1) is 11.8. The van der Waals surface area contributed by atoms with Gasteiger partial charge in [-0.1, -0.05) is 25.4 Å². The molecule has 0 bridgehead atoms. The minimum absolute atomic E-state index is 0.174. The van der Waals surface area contributed by atoms with Crippen molar-refractivity contribution >= 4 is 28.5 Å². The van der Waals surface area contributed by atoms with Gasteiger partial charge < -0.3 is 9.15 Å². The molecule has 0 saturated carbocycles. The Balaban J connectivity index is 2.38. The standard InChI is InChI=1S/C19H24ClNO4/c1-5-24-19(23)11-21(9-12(2)3)10-14-7-18(22)25-17-6-13(4)16(20)8-15(14)17/h6-8,12H,5,9-11H2,1-4H3. The molecule has 0 saturated heterocycles. The fraction of sp³-hybridized carbons (Fsp3) is 0.474. The molecule has 0 atom stereocenters. The fourth-order valence-electron chi connectivity index (χ4n) is 2.81. The molecule has 0 unspecified atom stereocenters. The summed E-state index contributed by atoms with van der Waals surface area (Å²) in [6, 6.07) is 5.04. The smallest absolute Gasteiger partial charge is 0.336 e. The van der Waals surface area contributed by atoms with Crippen molar-refractivity contribution in [3.63, 3.8) is 0 Å². The van der Waals surface area contributed by atoms with Gasteiger partial charge in [0, 0.05) is 29.6 Å². The maximum absolute atomic E-state index is 11.9. The summed E-state index contributed by atoms with van der Waals surface area (Å²) in [6.07, 6.45) is 0. The Morgan fingerprint density at radius 3 is 2.68 bits per heavy atom. The van der Waals surface area contributed by atoms with Gasteiger partial charge in [-0.3, -0.25) is 9.69 Å². The van der Waals surface area contributed by atoms with E-state index in [9.17, 15) is 9.59 Å². The second kappa shape index (κ2) is 8.50. The Morgan fingerprint density at radius 2 is 2.04 bits per heavy atom. The fourth-order valence-corrected chi connectivity index (χ4v) is 2.97. The van der Waals surface area contributed by atoms with Gasteiger partial charge in [0.05, 0.1) is 13.2 Å². The maximum atomic E-state index is 11.9. The third-order valence-corrected chi connectivity index (χ3v) is 4.19. The minimum atomic E-state index is -0.412. The highest BCUT2D eigenvalue weighted by atomic mass is 35.5. The van der Waals surface area contributed by atoms with Crippen molar-refractivity contribution in [2.75, 3.05) is 19.7 Å².